The Morgan fingerprint density at radius 2 is 1.95 bits per heavy atom. The third-order valence-corrected chi connectivity index (χ3v) is 4.23. The van der Waals surface area contributed by atoms with Crippen molar-refractivity contribution in [3.8, 4) is 0 Å². The van der Waals surface area contributed by atoms with Gasteiger partial charge in [-0.05, 0) is 26.7 Å². The highest BCUT2D eigenvalue weighted by atomic mass is 32.1. The number of anilines is 1. The van der Waals surface area contributed by atoms with Crippen molar-refractivity contribution in [2.24, 2.45) is 0 Å². The molecule has 108 valence electrons. The minimum Gasteiger partial charge on any atom is -0.349 e. The first-order valence-electron chi connectivity index (χ1n) is 6.50. The van der Waals surface area contributed by atoms with E-state index in [2.05, 4.69) is 10.3 Å². The number of alkyl halides is 3. The first-order chi connectivity index (χ1) is 8.95. The van der Waals surface area contributed by atoms with Crippen molar-refractivity contribution in [1.82, 2.24) is 10.3 Å². The zero-order valence-corrected chi connectivity index (χ0v) is 11.9. The molecule has 7 heteroatoms. The van der Waals surface area contributed by atoms with E-state index >= 15 is 0 Å². The first-order valence-corrected chi connectivity index (χ1v) is 7.32. The largest absolute Gasteiger partial charge is 0.434 e. The lowest BCUT2D eigenvalue weighted by Gasteiger charge is -2.16. The molecule has 2 rings (SSSR count). The summed E-state index contributed by atoms with van der Waals surface area (Å²) in [5.74, 6) is 0. The summed E-state index contributed by atoms with van der Waals surface area (Å²) in [5, 5.41) is 3.59. The van der Waals surface area contributed by atoms with E-state index in [9.17, 15) is 13.2 Å². The summed E-state index contributed by atoms with van der Waals surface area (Å²) in [6.45, 7) is 5.42. The van der Waals surface area contributed by atoms with Crippen LogP contribution in [0, 0.1) is 0 Å². The van der Waals surface area contributed by atoms with Crippen molar-refractivity contribution in [2.75, 3.05) is 18.0 Å². The van der Waals surface area contributed by atoms with Crippen molar-refractivity contribution in [2.45, 2.75) is 45.5 Å². The highest BCUT2D eigenvalue weighted by Crippen LogP contribution is 2.37. The second kappa shape index (κ2) is 5.66. The predicted octanol–water partition coefficient (Wildman–Crippen LogP) is 3.26. The van der Waals surface area contributed by atoms with Crippen molar-refractivity contribution >= 4 is 16.5 Å². The van der Waals surface area contributed by atoms with Crippen LogP contribution in [0.3, 0.4) is 0 Å². The Balaban J connectivity index is 2.21. The molecule has 0 saturated heterocycles. The van der Waals surface area contributed by atoms with Gasteiger partial charge in [0, 0.05) is 25.7 Å². The Hall–Kier alpha value is -0.820. The van der Waals surface area contributed by atoms with Gasteiger partial charge in [0.2, 0.25) is 0 Å². The zero-order valence-electron chi connectivity index (χ0n) is 11.0. The molecule has 0 amide bonds. The molecule has 0 aliphatic heterocycles. The topological polar surface area (TPSA) is 28.2 Å². The molecule has 19 heavy (non-hydrogen) atoms. The molecule has 0 unspecified atom stereocenters. The molecule has 0 aromatic carbocycles. The molecule has 0 bridgehead atoms. The van der Waals surface area contributed by atoms with E-state index in [0.29, 0.717) is 29.1 Å². The fourth-order valence-corrected chi connectivity index (χ4v) is 2.99. The van der Waals surface area contributed by atoms with Gasteiger partial charge in [-0.25, -0.2) is 4.98 Å². The fourth-order valence-electron chi connectivity index (χ4n) is 1.83. The van der Waals surface area contributed by atoms with Crippen LogP contribution in [-0.4, -0.2) is 24.1 Å². The summed E-state index contributed by atoms with van der Waals surface area (Å²) in [4.78, 5) is 5.94. The van der Waals surface area contributed by atoms with Crippen molar-refractivity contribution < 1.29 is 13.2 Å². The molecule has 1 saturated carbocycles. The third kappa shape index (κ3) is 3.60. The van der Waals surface area contributed by atoms with Gasteiger partial charge in [-0.3, -0.25) is 0 Å². The van der Waals surface area contributed by atoms with E-state index in [1.807, 2.05) is 18.7 Å². The number of thiazole rings is 1. The van der Waals surface area contributed by atoms with Gasteiger partial charge in [0.15, 0.2) is 10.8 Å². The van der Waals surface area contributed by atoms with Gasteiger partial charge in [-0.1, -0.05) is 11.3 Å². The molecule has 1 fully saturated rings. The van der Waals surface area contributed by atoms with Gasteiger partial charge in [0.25, 0.3) is 0 Å². The Bertz CT molecular complexity index is 422. The molecule has 1 aromatic heterocycles. The van der Waals surface area contributed by atoms with E-state index in [-0.39, 0.29) is 6.54 Å². The van der Waals surface area contributed by atoms with Crippen LogP contribution >= 0.6 is 11.3 Å². The normalized spacial score (nSPS) is 15.8. The van der Waals surface area contributed by atoms with Crippen LogP contribution in [-0.2, 0) is 12.7 Å². The highest BCUT2D eigenvalue weighted by molar-refractivity contribution is 7.15. The van der Waals surface area contributed by atoms with Gasteiger partial charge in [-0.15, -0.1) is 0 Å². The number of aromatic nitrogens is 1. The molecule has 1 aromatic rings. The lowest BCUT2D eigenvalue weighted by Crippen LogP contribution is -2.22. The maximum Gasteiger partial charge on any atom is 0.434 e. The molecule has 0 atom stereocenters. The highest BCUT2D eigenvalue weighted by Gasteiger charge is 2.38. The Morgan fingerprint density at radius 1 is 1.32 bits per heavy atom. The summed E-state index contributed by atoms with van der Waals surface area (Å²) in [7, 11) is 0. The van der Waals surface area contributed by atoms with E-state index in [4.69, 9.17) is 0 Å². The molecule has 1 N–H and O–H groups in total. The molecule has 3 nitrogen and oxygen atoms in total. The monoisotopic (exact) mass is 293 g/mol. The molecular formula is C12H18F3N3S. The predicted molar refractivity (Wildman–Crippen MR) is 70.5 cm³/mol. The summed E-state index contributed by atoms with van der Waals surface area (Å²) >= 11 is 1.15. The van der Waals surface area contributed by atoms with Crippen LogP contribution in [0.1, 0.15) is 37.3 Å². The molecule has 1 heterocycles. The van der Waals surface area contributed by atoms with E-state index in [1.54, 1.807) is 0 Å². The lowest BCUT2D eigenvalue weighted by molar-refractivity contribution is -0.141. The average Bonchev–Trinajstić information content (AvgIpc) is 3.07. The standard InChI is InChI=1S/C12H18F3N3S/c1-3-18(4-2)11-17-10(12(13,14)15)9(19-11)7-16-8-5-6-8/h8,16H,3-7H2,1-2H3. The lowest BCUT2D eigenvalue weighted by atomic mass is 10.3. The van der Waals surface area contributed by atoms with Crippen molar-refractivity contribution in [1.29, 1.82) is 0 Å². The van der Waals surface area contributed by atoms with Crippen molar-refractivity contribution in [3.05, 3.63) is 10.6 Å². The van der Waals surface area contributed by atoms with Crippen LogP contribution in [0.5, 0.6) is 0 Å². The maximum absolute atomic E-state index is 13.0. The minimum absolute atomic E-state index is 0.262. The number of rotatable bonds is 6. The quantitative estimate of drug-likeness (QED) is 0.872. The van der Waals surface area contributed by atoms with E-state index < -0.39 is 11.9 Å². The third-order valence-electron chi connectivity index (χ3n) is 3.12. The van der Waals surface area contributed by atoms with Crippen molar-refractivity contribution in [3.63, 3.8) is 0 Å². The minimum atomic E-state index is -4.37. The fraction of sp³-hybridized carbons (Fsp3) is 0.750. The number of hydrogen-bond acceptors (Lipinski definition) is 4. The van der Waals surface area contributed by atoms with Gasteiger partial charge >= 0.3 is 6.18 Å². The summed E-state index contributed by atoms with van der Waals surface area (Å²) in [5.41, 5.74) is -0.729. The molecule has 1 aliphatic rings. The Morgan fingerprint density at radius 3 is 2.42 bits per heavy atom. The van der Waals surface area contributed by atoms with Crippen LogP contribution in [0.2, 0.25) is 0 Å². The number of nitrogens with one attached hydrogen (secondary N) is 1. The van der Waals surface area contributed by atoms with Crippen LogP contribution in [0.25, 0.3) is 0 Å². The molecule has 0 spiro atoms. The summed E-state index contributed by atoms with van der Waals surface area (Å²) in [6.07, 6.45) is -2.26. The second-order valence-electron chi connectivity index (χ2n) is 4.59. The van der Waals surface area contributed by atoms with Crippen LogP contribution < -0.4 is 10.2 Å². The second-order valence-corrected chi connectivity index (χ2v) is 5.66. The van der Waals surface area contributed by atoms with Gasteiger partial charge in [-0.2, -0.15) is 13.2 Å². The summed E-state index contributed by atoms with van der Waals surface area (Å²) < 4.78 is 38.9. The molecular weight excluding hydrogens is 275 g/mol. The maximum atomic E-state index is 13.0. The number of halogens is 3. The smallest absolute Gasteiger partial charge is 0.349 e. The SMILES string of the molecule is CCN(CC)c1nc(C(F)(F)F)c(CNC2CC2)s1. The molecule has 0 radical (unpaired) electrons. The van der Waals surface area contributed by atoms with E-state index in [1.165, 1.54) is 0 Å². The summed E-state index contributed by atoms with van der Waals surface area (Å²) in [6, 6.07) is 0.389. The number of hydrogen-bond donors (Lipinski definition) is 1. The Labute approximate surface area is 114 Å². The average molecular weight is 293 g/mol. The van der Waals surface area contributed by atoms with Gasteiger partial charge in [0.1, 0.15) is 0 Å². The number of nitrogens with zero attached hydrogens (tertiary/aromatic N) is 2. The van der Waals surface area contributed by atoms with Gasteiger partial charge in [0.05, 0.1) is 4.88 Å². The van der Waals surface area contributed by atoms with Crippen LogP contribution in [0.15, 0.2) is 0 Å². The first kappa shape index (κ1) is 14.6. The molecule has 1 aliphatic carbocycles. The van der Waals surface area contributed by atoms with Crippen LogP contribution in [0.4, 0.5) is 18.3 Å². The zero-order chi connectivity index (χ0) is 14.0. The Kier molecular flexibility index (Phi) is 4.35. The van der Waals surface area contributed by atoms with Gasteiger partial charge < -0.3 is 10.2 Å². The van der Waals surface area contributed by atoms with E-state index in [0.717, 1.165) is 24.2 Å².